The normalized spacial score (nSPS) is 14.4. The first-order chi connectivity index (χ1) is 17.4. The number of ether oxygens (including phenoxy) is 3. The van der Waals surface area contributed by atoms with Gasteiger partial charge < -0.3 is 19.1 Å². The fourth-order valence-corrected chi connectivity index (χ4v) is 4.52. The predicted molar refractivity (Wildman–Crippen MR) is 143 cm³/mol. The third-order valence-corrected chi connectivity index (χ3v) is 6.39. The van der Waals surface area contributed by atoms with E-state index in [4.69, 9.17) is 14.2 Å². The van der Waals surface area contributed by atoms with E-state index < -0.39 is 0 Å². The minimum atomic E-state index is -0.354. The summed E-state index contributed by atoms with van der Waals surface area (Å²) < 4.78 is 17.2. The molecule has 1 aliphatic rings. The van der Waals surface area contributed by atoms with Gasteiger partial charge in [-0.25, -0.2) is 4.79 Å². The zero-order valence-electron chi connectivity index (χ0n) is 21.5. The van der Waals surface area contributed by atoms with Crippen molar-refractivity contribution in [3.05, 3.63) is 90.0 Å². The van der Waals surface area contributed by atoms with E-state index in [0.29, 0.717) is 24.5 Å². The molecule has 1 fully saturated rings. The van der Waals surface area contributed by atoms with Crippen LogP contribution in [-0.2, 0) is 11.3 Å². The number of rotatable bonds is 10. The van der Waals surface area contributed by atoms with Crippen molar-refractivity contribution >= 4 is 11.7 Å². The number of anilines is 1. The monoisotopic (exact) mass is 488 g/mol. The highest BCUT2D eigenvalue weighted by molar-refractivity contribution is 5.92. The molecule has 6 heteroatoms. The van der Waals surface area contributed by atoms with Crippen LogP contribution >= 0.6 is 0 Å². The number of hydrogen-bond donors (Lipinski definition) is 0. The molecule has 6 nitrogen and oxygen atoms in total. The zero-order chi connectivity index (χ0) is 25.4. The number of carbonyl (C=O) groups excluding carboxylic acids is 1. The van der Waals surface area contributed by atoms with Crippen LogP contribution in [0.5, 0.6) is 11.5 Å². The lowest BCUT2D eigenvalue weighted by molar-refractivity contribution is 0.0258. The van der Waals surface area contributed by atoms with Crippen molar-refractivity contribution in [1.82, 2.24) is 4.90 Å². The Balaban J connectivity index is 1.28. The molecule has 0 bridgehead atoms. The molecule has 0 saturated carbocycles. The Kier molecular flexibility index (Phi) is 8.49. The van der Waals surface area contributed by atoms with E-state index >= 15 is 0 Å². The van der Waals surface area contributed by atoms with E-state index in [1.807, 2.05) is 66.7 Å². The highest BCUT2D eigenvalue weighted by atomic mass is 16.5. The van der Waals surface area contributed by atoms with Gasteiger partial charge in [-0.15, -0.1) is 0 Å². The Hall–Kier alpha value is -3.51. The van der Waals surface area contributed by atoms with Crippen molar-refractivity contribution in [2.24, 2.45) is 5.41 Å². The van der Waals surface area contributed by atoms with Crippen molar-refractivity contribution < 1.29 is 19.0 Å². The van der Waals surface area contributed by atoms with Gasteiger partial charge in [-0.1, -0.05) is 68.4 Å². The molecule has 0 spiro atoms. The van der Waals surface area contributed by atoms with Crippen molar-refractivity contribution in [3.8, 4) is 11.5 Å². The maximum atomic E-state index is 12.9. The third kappa shape index (κ3) is 6.79. The molecule has 0 aliphatic carbocycles. The van der Waals surface area contributed by atoms with E-state index in [9.17, 15) is 4.79 Å². The van der Waals surface area contributed by atoms with E-state index in [0.717, 1.165) is 49.7 Å². The summed E-state index contributed by atoms with van der Waals surface area (Å²) in [5, 5.41) is 0. The van der Waals surface area contributed by atoms with Crippen LogP contribution in [0.4, 0.5) is 5.69 Å². The quantitative estimate of drug-likeness (QED) is 0.362. The van der Waals surface area contributed by atoms with Crippen LogP contribution < -0.4 is 14.4 Å². The molecule has 1 aliphatic heterocycles. The van der Waals surface area contributed by atoms with Crippen LogP contribution in [-0.4, -0.2) is 57.3 Å². The Morgan fingerprint density at radius 3 is 2.19 bits per heavy atom. The van der Waals surface area contributed by atoms with Crippen molar-refractivity contribution in [2.45, 2.75) is 20.5 Å². The van der Waals surface area contributed by atoms with Crippen LogP contribution in [0.3, 0.4) is 0 Å². The maximum absolute atomic E-state index is 12.9. The van der Waals surface area contributed by atoms with Gasteiger partial charge in [-0.3, -0.25) is 4.90 Å². The minimum absolute atomic E-state index is 0.178. The number of para-hydroxylation sites is 3. The number of carbonyl (C=O) groups is 1. The largest absolute Gasteiger partial charge is 0.495 e. The summed E-state index contributed by atoms with van der Waals surface area (Å²) in [7, 11) is 1.71. The van der Waals surface area contributed by atoms with Gasteiger partial charge in [0.15, 0.2) is 0 Å². The molecule has 36 heavy (non-hydrogen) atoms. The summed E-state index contributed by atoms with van der Waals surface area (Å²) >= 11 is 0. The summed E-state index contributed by atoms with van der Waals surface area (Å²) in [6.07, 6.45) is 0. The lowest BCUT2D eigenvalue weighted by Crippen LogP contribution is -2.49. The Labute approximate surface area is 214 Å². The Morgan fingerprint density at radius 1 is 0.833 bits per heavy atom. The lowest BCUT2D eigenvalue weighted by atomic mass is 9.93. The van der Waals surface area contributed by atoms with E-state index in [2.05, 4.69) is 29.7 Å². The van der Waals surface area contributed by atoms with Gasteiger partial charge in [0.1, 0.15) is 23.7 Å². The second kappa shape index (κ2) is 12.0. The average molecular weight is 489 g/mol. The molecule has 0 amide bonds. The molecule has 1 saturated heterocycles. The van der Waals surface area contributed by atoms with Crippen LogP contribution in [0.1, 0.15) is 29.8 Å². The Morgan fingerprint density at radius 2 is 1.47 bits per heavy atom. The maximum Gasteiger partial charge on any atom is 0.341 e. The molecule has 0 N–H and O–H groups in total. The van der Waals surface area contributed by atoms with Gasteiger partial charge in [0, 0.05) is 38.1 Å². The third-order valence-electron chi connectivity index (χ3n) is 6.39. The molecule has 1 heterocycles. The predicted octanol–water partition coefficient (Wildman–Crippen LogP) is 5.28. The Bertz CT molecular complexity index is 1120. The summed E-state index contributed by atoms with van der Waals surface area (Å²) in [5.74, 6) is 1.09. The molecule has 0 atom stereocenters. The molecule has 0 aromatic heterocycles. The summed E-state index contributed by atoms with van der Waals surface area (Å²) in [4.78, 5) is 17.8. The summed E-state index contributed by atoms with van der Waals surface area (Å²) in [6, 6.07) is 25.3. The first kappa shape index (κ1) is 25.6. The molecular formula is C30H36N2O4. The minimum Gasteiger partial charge on any atom is -0.495 e. The lowest BCUT2D eigenvalue weighted by Gasteiger charge is -2.39. The second-order valence-electron chi connectivity index (χ2n) is 9.95. The average Bonchev–Trinajstić information content (AvgIpc) is 2.91. The van der Waals surface area contributed by atoms with Crippen LogP contribution in [0.15, 0.2) is 78.9 Å². The molecule has 0 unspecified atom stereocenters. The van der Waals surface area contributed by atoms with Crippen LogP contribution in [0.2, 0.25) is 0 Å². The number of methoxy groups -OCH3 is 1. The molecule has 190 valence electrons. The van der Waals surface area contributed by atoms with Crippen molar-refractivity contribution in [3.63, 3.8) is 0 Å². The van der Waals surface area contributed by atoms with Crippen LogP contribution in [0, 0.1) is 5.41 Å². The fourth-order valence-electron chi connectivity index (χ4n) is 4.52. The molecular weight excluding hydrogens is 452 g/mol. The highest BCUT2D eigenvalue weighted by Gasteiger charge is 2.28. The van der Waals surface area contributed by atoms with Gasteiger partial charge in [0.05, 0.1) is 19.4 Å². The van der Waals surface area contributed by atoms with Crippen molar-refractivity contribution in [1.29, 1.82) is 0 Å². The standard InChI is InChI=1S/C30H36N2O4/c1-30(2,22-31-17-19-32(20-18-31)26-14-8-10-16-28(26)34-3)23-36-29(33)25-13-7-9-15-27(25)35-21-24-11-5-4-6-12-24/h4-16H,17-23H2,1-3H3. The van der Waals surface area contributed by atoms with Gasteiger partial charge in [0.2, 0.25) is 0 Å². The molecule has 3 aromatic carbocycles. The first-order valence-corrected chi connectivity index (χ1v) is 12.5. The van der Waals surface area contributed by atoms with E-state index in [-0.39, 0.29) is 11.4 Å². The van der Waals surface area contributed by atoms with Gasteiger partial charge in [-0.2, -0.15) is 0 Å². The van der Waals surface area contributed by atoms with Gasteiger partial charge >= 0.3 is 5.97 Å². The van der Waals surface area contributed by atoms with E-state index in [1.54, 1.807) is 13.2 Å². The van der Waals surface area contributed by atoms with Crippen molar-refractivity contribution in [2.75, 3.05) is 51.3 Å². The SMILES string of the molecule is COc1ccccc1N1CCN(CC(C)(C)COC(=O)c2ccccc2OCc2ccccc2)CC1. The number of nitrogens with zero attached hydrogens (tertiary/aromatic N) is 2. The van der Waals surface area contributed by atoms with Gasteiger partial charge in [0.25, 0.3) is 0 Å². The van der Waals surface area contributed by atoms with E-state index in [1.165, 1.54) is 0 Å². The first-order valence-electron chi connectivity index (χ1n) is 12.5. The highest BCUT2D eigenvalue weighted by Crippen LogP contribution is 2.29. The smallest absolute Gasteiger partial charge is 0.341 e. The van der Waals surface area contributed by atoms with Crippen LogP contribution in [0.25, 0.3) is 0 Å². The number of piperazine rings is 1. The number of benzene rings is 3. The zero-order valence-corrected chi connectivity index (χ0v) is 21.5. The van der Waals surface area contributed by atoms with Gasteiger partial charge in [-0.05, 0) is 29.8 Å². The second-order valence-corrected chi connectivity index (χ2v) is 9.95. The molecule has 4 rings (SSSR count). The number of hydrogen-bond acceptors (Lipinski definition) is 6. The molecule has 3 aromatic rings. The molecule has 0 radical (unpaired) electrons. The number of esters is 1. The summed E-state index contributed by atoms with van der Waals surface area (Å²) in [6.45, 7) is 9.65. The fraction of sp³-hybridized carbons (Fsp3) is 0.367. The summed E-state index contributed by atoms with van der Waals surface area (Å²) in [5.41, 5.74) is 2.46. The topological polar surface area (TPSA) is 51.2 Å².